The summed E-state index contributed by atoms with van der Waals surface area (Å²) in [5.74, 6) is -0.168. The molecule has 3 aromatic rings. The fourth-order valence-electron chi connectivity index (χ4n) is 5.60. The Morgan fingerprint density at radius 2 is 1.85 bits per heavy atom. The Morgan fingerprint density at radius 3 is 2.51 bits per heavy atom. The molecule has 10 heteroatoms. The van der Waals surface area contributed by atoms with E-state index in [-0.39, 0.29) is 17.8 Å². The number of thiophene rings is 1. The van der Waals surface area contributed by atoms with Gasteiger partial charge in [0.15, 0.2) is 12.1 Å². The third kappa shape index (κ3) is 5.81. The first-order valence-electron chi connectivity index (χ1n) is 13.0. The van der Waals surface area contributed by atoms with Gasteiger partial charge >= 0.3 is 11.9 Å². The molecule has 2 aromatic heterocycles. The van der Waals surface area contributed by atoms with Gasteiger partial charge in [0.1, 0.15) is 18.0 Å². The summed E-state index contributed by atoms with van der Waals surface area (Å²) in [6, 6.07) is 13.6. The average molecular weight is 551 g/mol. The lowest BCUT2D eigenvalue weighted by atomic mass is 9.82. The molecule has 1 unspecified atom stereocenters. The minimum Gasteiger partial charge on any atom is -0.481 e. The second kappa shape index (κ2) is 11.5. The van der Waals surface area contributed by atoms with Crippen LogP contribution in [0.2, 0.25) is 0 Å². The fraction of sp³-hybridized carbons (Fsp3) is 0.379. The molecule has 3 fully saturated rings. The van der Waals surface area contributed by atoms with Gasteiger partial charge in [-0.05, 0) is 17.5 Å². The highest BCUT2D eigenvalue weighted by molar-refractivity contribution is 7.12. The van der Waals surface area contributed by atoms with Crippen LogP contribution in [0.3, 0.4) is 0 Å². The molecule has 3 saturated heterocycles. The summed E-state index contributed by atoms with van der Waals surface area (Å²) in [4.78, 5) is 43.7. The van der Waals surface area contributed by atoms with E-state index in [2.05, 4.69) is 10.3 Å². The van der Waals surface area contributed by atoms with Crippen LogP contribution in [0.5, 0.6) is 5.88 Å². The zero-order chi connectivity index (χ0) is 27.4. The maximum Gasteiger partial charge on any atom is 0.350 e. The van der Waals surface area contributed by atoms with Crippen LogP contribution in [0.15, 0.2) is 60.1 Å². The van der Waals surface area contributed by atoms with E-state index >= 15 is 0 Å². The van der Waals surface area contributed by atoms with Crippen molar-refractivity contribution in [3.63, 3.8) is 0 Å². The number of carbonyl (C=O) groups excluding carboxylic acids is 3. The van der Waals surface area contributed by atoms with Gasteiger partial charge in [-0.2, -0.15) is 0 Å². The van der Waals surface area contributed by atoms with E-state index in [4.69, 9.17) is 14.2 Å². The van der Waals surface area contributed by atoms with Gasteiger partial charge in [0.25, 0.3) is 0 Å². The number of nitrogens with zero attached hydrogens (tertiary/aromatic N) is 2. The van der Waals surface area contributed by atoms with Crippen LogP contribution in [0.25, 0.3) is 0 Å². The zero-order valence-electron chi connectivity index (χ0n) is 22.0. The van der Waals surface area contributed by atoms with Crippen molar-refractivity contribution in [2.75, 3.05) is 45.7 Å². The molecule has 6 rings (SSSR count). The number of quaternary nitrogens is 1. The van der Waals surface area contributed by atoms with Gasteiger partial charge in [0.2, 0.25) is 11.7 Å². The molecule has 1 N–H and O–H groups in total. The number of rotatable bonds is 10. The summed E-state index contributed by atoms with van der Waals surface area (Å²) >= 11 is 1.23. The Kier molecular flexibility index (Phi) is 7.94. The number of anilines is 1. The van der Waals surface area contributed by atoms with E-state index in [1.807, 2.05) is 30.3 Å². The zero-order valence-corrected chi connectivity index (χ0v) is 22.8. The van der Waals surface area contributed by atoms with Crippen molar-refractivity contribution in [1.82, 2.24) is 4.98 Å². The van der Waals surface area contributed by atoms with Crippen LogP contribution in [0.1, 0.15) is 44.5 Å². The summed E-state index contributed by atoms with van der Waals surface area (Å²) in [5.41, 5.74) is 1.77. The second-order valence-electron chi connectivity index (χ2n) is 10.1. The smallest absolute Gasteiger partial charge is 0.350 e. The predicted octanol–water partition coefficient (Wildman–Crippen LogP) is 4.13. The fourth-order valence-corrected chi connectivity index (χ4v) is 6.38. The maximum atomic E-state index is 13.7. The van der Waals surface area contributed by atoms with Gasteiger partial charge in [-0.3, -0.25) is 4.79 Å². The van der Waals surface area contributed by atoms with Crippen LogP contribution in [0.4, 0.5) is 5.69 Å². The quantitative estimate of drug-likeness (QED) is 0.228. The summed E-state index contributed by atoms with van der Waals surface area (Å²) in [6.45, 7) is 2.80. The standard InChI is InChI=1S/C29H31N3O6S/c1-36-25-9-8-21(16-30-25)26(31-22-12-15-39-27(22)29(35)37-2)28(34)38-24-18-32(13-10-20(24)11-14-32)17-23(33)19-6-4-3-5-7-19/h3-9,12,15-16,20,24,26H,10-11,13-14,17-18H2,1-2H3/p+1/t20?,24-,26?,32?/m0/s1. The molecule has 2 atom stereocenters. The molecule has 0 saturated carbocycles. The number of benzene rings is 1. The first-order chi connectivity index (χ1) is 18.9. The molecule has 39 heavy (non-hydrogen) atoms. The van der Waals surface area contributed by atoms with E-state index < -0.39 is 18.0 Å². The second-order valence-corrected chi connectivity index (χ2v) is 11.0. The van der Waals surface area contributed by atoms with Crippen LogP contribution in [-0.2, 0) is 14.3 Å². The summed E-state index contributed by atoms with van der Waals surface area (Å²) in [5, 5.41) is 4.95. The number of hydrogen-bond donors (Lipinski definition) is 1. The van der Waals surface area contributed by atoms with Crippen molar-refractivity contribution in [1.29, 1.82) is 0 Å². The van der Waals surface area contributed by atoms with Crippen LogP contribution >= 0.6 is 11.3 Å². The van der Waals surface area contributed by atoms with E-state index in [9.17, 15) is 14.4 Å². The van der Waals surface area contributed by atoms with Gasteiger partial charge in [-0.25, -0.2) is 14.6 Å². The van der Waals surface area contributed by atoms with Crippen molar-refractivity contribution in [2.24, 2.45) is 5.92 Å². The first kappa shape index (κ1) is 26.8. The number of carbonyl (C=O) groups is 3. The number of aromatic nitrogens is 1. The number of ether oxygens (including phenoxy) is 3. The van der Waals surface area contributed by atoms with E-state index in [0.29, 0.717) is 45.1 Å². The number of pyridine rings is 1. The van der Waals surface area contributed by atoms with E-state index in [0.717, 1.165) is 25.9 Å². The Balaban J connectivity index is 1.35. The molecule has 0 spiro atoms. The molecule has 0 aliphatic carbocycles. The van der Waals surface area contributed by atoms with Crippen LogP contribution < -0.4 is 10.1 Å². The SMILES string of the molecule is COC(=O)c1sccc1NC(C(=O)O[C@H]1C[N+]2(CC(=O)c3ccccc3)CCC1CC2)c1ccc(OC)nc1. The predicted molar refractivity (Wildman–Crippen MR) is 146 cm³/mol. The van der Waals surface area contributed by atoms with Crippen LogP contribution in [-0.4, -0.2) is 73.7 Å². The van der Waals surface area contributed by atoms with E-state index in [1.165, 1.54) is 25.6 Å². The summed E-state index contributed by atoms with van der Waals surface area (Å²) in [7, 11) is 2.84. The highest BCUT2D eigenvalue weighted by Crippen LogP contribution is 2.37. The Labute approximate surface area is 231 Å². The van der Waals surface area contributed by atoms with Gasteiger partial charge in [-0.15, -0.1) is 11.3 Å². The third-order valence-corrected chi connectivity index (χ3v) is 8.65. The van der Waals surface area contributed by atoms with Gasteiger partial charge in [0, 0.05) is 42.1 Å². The largest absolute Gasteiger partial charge is 0.481 e. The molecular formula is C29H32N3O6S+. The monoisotopic (exact) mass is 550 g/mol. The number of piperidine rings is 3. The van der Waals surface area contributed by atoms with Crippen molar-refractivity contribution < 1.29 is 33.1 Å². The lowest BCUT2D eigenvalue weighted by Gasteiger charge is -2.51. The summed E-state index contributed by atoms with van der Waals surface area (Å²) in [6.07, 6.45) is 3.06. The van der Waals surface area contributed by atoms with Crippen molar-refractivity contribution in [3.05, 3.63) is 76.1 Å². The lowest BCUT2D eigenvalue weighted by Crippen LogP contribution is -2.65. The van der Waals surface area contributed by atoms with Gasteiger partial charge in [0.05, 0.1) is 33.0 Å². The van der Waals surface area contributed by atoms with Crippen molar-refractivity contribution in [3.8, 4) is 5.88 Å². The molecule has 0 amide bonds. The molecule has 204 valence electrons. The minimum absolute atomic E-state index is 0.109. The molecule has 9 nitrogen and oxygen atoms in total. The van der Waals surface area contributed by atoms with Crippen LogP contribution in [0, 0.1) is 5.92 Å². The maximum absolute atomic E-state index is 13.7. The average Bonchev–Trinajstić information content (AvgIpc) is 3.44. The normalized spacial score (nSPS) is 22.5. The molecule has 0 radical (unpaired) electrons. The molecule has 1 aromatic carbocycles. The molecule has 3 aliphatic heterocycles. The van der Waals surface area contributed by atoms with Gasteiger partial charge < -0.3 is 24.0 Å². The highest BCUT2D eigenvalue weighted by Gasteiger charge is 2.49. The Hall–Kier alpha value is -3.76. The topological polar surface area (TPSA) is 104 Å². The molecular weight excluding hydrogens is 518 g/mol. The lowest BCUT2D eigenvalue weighted by molar-refractivity contribution is -0.938. The number of methoxy groups -OCH3 is 2. The third-order valence-electron chi connectivity index (χ3n) is 7.76. The Morgan fingerprint density at radius 1 is 1.08 bits per heavy atom. The molecule has 2 bridgehead atoms. The first-order valence-corrected chi connectivity index (χ1v) is 13.9. The number of hydrogen-bond acceptors (Lipinski definition) is 9. The number of nitrogens with one attached hydrogen (secondary N) is 1. The van der Waals surface area contributed by atoms with E-state index in [1.54, 1.807) is 29.8 Å². The highest BCUT2D eigenvalue weighted by atomic mass is 32.1. The summed E-state index contributed by atoms with van der Waals surface area (Å²) < 4.78 is 16.9. The number of ketones is 1. The van der Waals surface area contributed by atoms with Crippen molar-refractivity contribution >= 4 is 34.7 Å². The van der Waals surface area contributed by atoms with Gasteiger partial charge in [-0.1, -0.05) is 30.3 Å². The number of esters is 2. The Bertz CT molecular complexity index is 1320. The molecule has 5 heterocycles. The minimum atomic E-state index is -0.906. The molecule has 3 aliphatic rings. The number of Topliss-reactive ketones (excluding diaryl/α,β-unsaturated/α-hetero) is 1. The van der Waals surface area contributed by atoms with Crippen molar-refractivity contribution in [2.45, 2.75) is 25.0 Å². The number of fused-ring (bicyclic) bond motifs is 3.